The Kier molecular flexibility index (Phi) is 4.37. The van der Waals surface area contributed by atoms with Gasteiger partial charge in [0.25, 0.3) is 0 Å². The molecule has 0 aromatic carbocycles. The maximum atomic E-state index is 11.4. The van der Waals surface area contributed by atoms with Gasteiger partial charge in [0.2, 0.25) is 0 Å². The molecule has 1 atom stereocenters. The second-order valence-corrected chi connectivity index (χ2v) is 7.90. The second kappa shape index (κ2) is 5.02. The van der Waals surface area contributed by atoms with Gasteiger partial charge in [0.05, 0.1) is 11.5 Å². The lowest BCUT2D eigenvalue weighted by Gasteiger charge is -2.34. The number of nitrogens with one attached hydrogen (secondary N) is 1. The normalized spacial score (nSPS) is 26.9. The minimum absolute atomic E-state index is 0.130. The first-order valence-corrected chi connectivity index (χ1v) is 7.71. The Hall–Kier alpha value is -0.130. The standard InChI is InChI=1S/C11H24N2O2S/c1-10-9-16(14,15)8-7-13(10)6-5-12-11(2,3)4/h10,12H,5-9H2,1-4H3. The van der Waals surface area contributed by atoms with Crippen molar-refractivity contribution >= 4 is 9.84 Å². The SMILES string of the molecule is CC1CS(=O)(=O)CCN1CCNC(C)(C)C. The van der Waals surface area contributed by atoms with Gasteiger partial charge in [-0.1, -0.05) is 0 Å². The molecule has 1 rings (SSSR count). The van der Waals surface area contributed by atoms with Crippen molar-refractivity contribution in [1.82, 2.24) is 10.2 Å². The van der Waals surface area contributed by atoms with E-state index in [2.05, 4.69) is 31.0 Å². The molecule has 0 amide bonds. The highest BCUT2D eigenvalue weighted by molar-refractivity contribution is 7.91. The van der Waals surface area contributed by atoms with Gasteiger partial charge < -0.3 is 5.32 Å². The van der Waals surface area contributed by atoms with Crippen LogP contribution >= 0.6 is 0 Å². The summed E-state index contributed by atoms with van der Waals surface area (Å²) < 4.78 is 22.8. The number of nitrogens with zero attached hydrogens (tertiary/aromatic N) is 1. The average molecular weight is 248 g/mol. The van der Waals surface area contributed by atoms with Crippen LogP contribution in [0.3, 0.4) is 0 Å². The summed E-state index contributed by atoms with van der Waals surface area (Å²) in [7, 11) is -2.78. The van der Waals surface area contributed by atoms with E-state index in [1.54, 1.807) is 0 Å². The van der Waals surface area contributed by atoms with Crippen molar-refractivity contribution in [1.29, 1.82) is 0 Å². The van der Waals surface area contributed by atoms with Crippen LogP contribution in [0.2, 0.25) is 0 Å². The largest absolute Gasteiger partial charge is 0.311 e. The van der Waals surface area contributed by atoms with Gasteiger partial charge in [0, 0.05) is 31.2 Å². The molecule has 5 heteroatoms. The zero-order valence-electron chi connectivity index (χ0n) is 10.8. The van der Waals surface area contributed by atoms with Crippen LogP contribution in [0, 0.1) is 0 Å². The van der Waals surface area contributed by atoms with Gasteiger partial charge in [-0.15, -0.1) is 0 Å². The lowest BCUT2D eigenvalue weighted by Crippen LogP contribution is -2.50. The van der Waals surface area contributed by atoms with E-state index in [1.165, 1.54) is 0 Å². The topological polar surface area (TPSA) is 49.4 Å². The van der Waals surface area contributed by atoms with Crippen molar-refractivity contribution in [2.75, 3.05) is 31.1 Å². The van der Waals surface area contributed by atoms with Crippen LogP contribution in [-0.2, 0) is 9.84 Å². The first kappa shape index (κ1) is 13.9. The van der Waals surface area contributed by atoms with E-state index < -0.39 is 9.84 Å². The molecule has 96 valence electrons. The van der Waals surface area contributed by atoms with Crippen LogP contribution in [-0.4, -0.2) is 56.0 Å². The third-order valence-corrected chi connectivity index (χ3v) is 4.66. The van der Waals surface area contributed by atoms with E-state index in [0.29, 0.717) is 18.1 Å². The van der Waals surface area contributed by atoms with Gasteiger partial charge in [-0.25, -0.2) is 8.42 Å². The monoisotopic (exact) mass is 248 g/mol. The van der Waals surface area contributed by atoms with Crippen molar-refractivity contribution in [3.8, 4) is 0 Å². The van der Waals surface area contributed by atoms with Crippen molar-refractivity contribution in [2.24, 2.45) is 0 Å². The number of hydrogen-bond acceptors (Lipinski definition) is 4. The van der Waals surface area contributed by atoms with E-state index >= 15 is 0 Å². The maximum Gasteiger partial charge on any atom is 0.153 e. The van der Waals surface area contributed by atoms with Crippen molar-refractivity contribution in [3.05, 3.63) is 0 Å². The molecule has 0 aromatic heterocycles. The van der Waals surface area contributed by atoms with Gasteiger partial charge in [-0.2, -0.15) is 0 Å². The third-order valence-electron chi connectivity index (χ3n) is 2.86. The van der Waals surface area contributed by atoms with Gasteiger partial charge >= 0.3 is 0 Å². The summed E-state index contributed by atoms with van der Waals surface area (Å²) in [5.74, 6) is 0.620. The molecular weight excluding hydrogens is 224 g/mol. The van der Waals surface area contributed by atoms with Gasteiger partial charge in [0.1, 0.15) is 0 Å². The van der Waals surface area contributed by atoms with Crippen LogP contribution in [0.1, 0.15) is 27.7 Å². The molecule has 1 N–H and O–H groups in total. The van der Waals surface area contributed by atoms with Gasteiger partial charge in [0.15, 0.2) is 9.84 Å². The number of hydrogen-bond donors (Lipinski definition) is 1. The van der Waals surface area contributed by atoms with E-state index in [-0.39, 0.29) is 11.6 Å². The molecule has 1 unspecified atom stereocenters. The molecule has 4 nitrogen and oxygen atoms in total. The van der Waals surface area contributed by atoms with E-state index in [0.717, 1.165) is 13.1 Å². The predicted octanol–water partition coefficient (Wildman–Crippen LogP) is 0.493. The Morgan fingerprint density at radius 1 is 1.38 bits per heavy atom. The quantitative estimate of drug-likeness (QED) is 0.790. The molecule has 0 aliphatic carbocycles. The number of rotatable bonds is 3. The Morgan fingerprint density at radius 3 is 2.50 bits per heavy atom. The highest BCUT2D eigenvalue weighted by atomic mass is 32.2. The molecule has 1 aliphatic heterocycles. The van der Waals surface area contributed by atoms with E-state index in [1.807, 2.05) is 6.92 Å². The summed E-state index contributed by atoms with van der Waals surface area (Å²) in [5.41, 5.74) is 0.130. The summed E-state index contributed by atoms with van der Waals surface area (Å²) in [4.78, 5) is 2.25. The lowest BCUT2D eigenvalue weighted by molar-refractivity contribution is 0.219. The first-order chi connectivity index (χ1) is 7.20. The summed E-state index contributed by atoms with van der Waals surface area (Å²) in [6.07, 6.45) is 0. The molecule has 1 saturated heterocycles. The number of sulfone groups is 1. The summed E-state index contributed by atoms with van der Waals surface area (Å²) >= 11 is 0. The minimum Gasteiger partial charge on any atom is -0.311 e. The molecule has 0 saturated carbocycles. The predicted molar refractivity (Wildman–Crippen MR) is 67.4 cm³/mol. The van der Waals surface area contributed by atoms with Crippen molar-refractivity contribution < 1.29 is 8.42 Å². The highest BCUT2D eigenvalue weighted by Crippen LogP contribution is 2.10. The summed E-state index contributed by atoms with van der Waals surface area (Å²) in [6.45, 7) is 10.9. The van der Waals surface area contributed by atoms with Crippen LogP contribution in [0.5, 0.6) is 0 Å². The molecule has 1 heterocycles. The van der Waals surface area contributed by atoms with Crippen LogP contribution in [0.4, 0.5) is 0 Å². The molecule has 0 aromatic rings. The Bertz CT molecular complexity index is 319. The fraction of sp³-hybridized carbons (Fsp3) is 1.00. The first-order valence-electron chi connectivity index (χ1n) is 5.89. The van der Waals surface area contributed by atoms with Crippen LogP contribution in [0.15, 0.2) is 0 Å². The smallest absolute Gasteiger partial charge is 0.153 e. The third kappa shape index (κ3) is 4.80. The maximum absolute atomic E-state index is 11.4. The zero-order chi connectivity index (χ0) is 12.4. The fourth-order valence-electron chi connectivity index (χ4n) is 1.94. The fourth-order valence-corrected chi connectivity index (χ4v) is 3.56. The Balaban J connectivity index is 2.34. The molecule has 0 radical (unpaired) electrons. The van der Waals surface area contributed by atoms with Crippen molar-refractivity contribution in [3.63, 3.8) is 0 Å². The van der Waals surface area contributed by atoms with Crippen LogP contribution < -0.4 is 5.32 Å². The molecule has 1 fully saturated rings. The average Bonchev–Trinajstić information content (AvgIpc) is 2.06. The Labute approximate surface area is 99.3 Å². The Morgan fingerprint density at radius 2 is 2.00 bits per heavy atom. The van der Waals surface area contributed by atoms with Crippen LogP contribution in [0.25, 0.3) is 0 Å². The van der Waals surface area contributed by atoms with E-state index in [4.69, 9.17) is 0 Å². The summed E-state index contributed by atoms with van der Waals surface area (Å²) in [6, 6.07) is 0.153. The van der Waals surface area contributed by atoms with Crippen molar-refractivity contribution in [2.45, 2.75) is 39.3 Å². The van der Waals surface area contributed by atoms with Gasteiger partial charge in [-0.3, -0.25) is 4.90 Å². The highest BCUT2D eigenvalue weighted by Gasteiger charge is 2.27. The molecule has 1 aliphatic rings. The molecule has 16 heavy (non-hydrogen) atoms. The van der Waals surface area contributed by atoms with E-state index in [9.17, 15) is 8.42 Å². The minimum atomic E-state index is -2.78. The lowest BCUT2D eigenvalue weighted by atomic mass is 10.1. The zero-order valence-corrected chi connectivity index (χ0v) is 11.6. The molecular formula is C11H24N2O2S. The van der Waals surface area contributed by atoms with Gasteiger partial charge in [-0.05, 0) is 27.7 Å². The second-order valence-electron chi connectivity index (χ2n) is 5.68. The molecule has 0 spiro atoms. The summed E-state index contributed by atoms with van der Waals surface area (Å²) in [5, 5.41) is 3.42. The molecule has 0 bridgehead atoms.